The second kappa shape index (κ2) is 8.36. The van der Waals surface area contributed by atoms with Crippen LogP contribution in [-0.4, -0.2) is 16.8 Å². The zero-order chi connectivity index (χ0) is 14.3. The predicted octanol–water partition coefficient (Wildman–Crippen LogP) is 3.87. The molecule has 0 spiro atoms. The topological polar surface area (TPSA) is 29.9 Å². The van der Waals surface area contributed by atoms with Crippen molar-refractivity contribution in [1.82, 2.24) is 15.1 Å². The minimum Gasteiger partial charge on any atom is -0.313 e. The number of rotatable bonds is 9. The van der Waals surface area contributed by atoms with Gasteiger partial charge in [-0.1, -0.05) is 40.5 Å². The summed E-state index contributed by atoms with van der Waals surface area (Å²) in [5.41, 5.74) is 4.19. The highest BCUT2D eigenvalue weighted by Gasteiger charge is 2.20. The molecular formula is C16H31N3. The van der Waals surface area contributed by atoms with Crippen molar-refractivity contribution in [1.29, 1.82) is 0 Å². The molecule has 0 radical (unpaired) electrons. The monoisotopic (exact) mass is 265 g/mol. The summed E-state index contributed by atoms with van der Waals surface area (Å²) in [6.07, 6.45) is 7.03. The fraction of sp³-hybridized carbons (Fsp3) is 0.812. The average Bonchev–Trinajstić information content (AvgIpc) is 2.78. The molecule has 1 rings (SSSR count). The minimum atomic E-state index is 0.449. The second-order valence-electron chi connectivity index (χ2n) is 5.19. The third-order valence-corrected chi connectivity index (χ3v) is 3.92. The Labute approximate surface area is 118 Å². The summed E-state index contributed by atoms with van der Waals surface area (Å²) >= 11 is 0. The molecule has 0 aromatic carbocycles. The third-order valence-electron chi connectivity index (χ3n) is 3.92. The largest absolute Gasteiger partial charge is 0.313 e. The third kappa shape index (κ3) is 3.82. The Morgan fingerprint density at radius 3 is 2.32 bits per heavy atom. The van der Waals surface area contributed by atoms with Crippen molar-refractivity contribution in [3.8, 4) is 0 Å². The van der Waals surface area contributed by atoms with E-state index in [9.17, 15) is 0 Å². The fourth-order valence-electron chi connectivity index (χ4n) is 2.85. The van der Waals surface area contributed by atoms with Crippen LogP contribution in [0.3, 0.4) is 0 Å². The SMILES string of the molecule is CCCCCn1nc(CC)c(C(CC)NC)c1CC. The van der Waals surface area contributed by atoms with Crippen molar-refractivity contribution in [3.63, 3.8) is 0 Å². The highest BCUT2D eigenvalue weighted by Crippen LogP contribution is 2.26. The van der Waals surface area contributed by atoms with Gasteiger partial charge in [-0.25, -0.2) is 0 Å². The molecule has 0 aliphatic carbocycles. The van der Waals surface area contributed by atoms with Gasteiger partial charge in [0.15, 0.2) is 0 Å². The maximum Gasteiger partial charge on any atom is 0.0672 e. The molecule has 3 heteroatoms. The van der Waals surface area contributed by atoms with Crippen LogP contribution in [0.15, 0.2) is 0 Å². The molecule has 3 nitrogen and oxygen atoms in total. The van der Waals surface area contributed by atoms with E-state index < -0.39 is 0 Å². The molecule has 0 fully saturated rings. The molecule has 19 heavy (non-hydrogen) atoms. The molecule has 0 amide bonds. The first-order valence-electron chi connectivity index (χ1n) is 7.98. The molecule has 0 saturated heterocycles. The number of hydrogen-bond donors (Lipinski definition) is 1. The molecule has 0 bridgehead atoms. The summed E-state index contributed by atoms with van der Waals surface area (Å²) in [7, 11) is 2.06. The van der Waals surface area contributed by atoms with Gasteiger partial charge in [0.25, 0.3) is 0 Å². The molecule has 110 valence electrons. The van der Waals surface area contributed by atoms with Crippen LogP contribution in [0, 0.1) is 0 Å². The van der Waals surface area contributed by atoms with Crippen molar-refractivity contribution in [3.05, 3.63) is 17.0 Å². The van der Waals surface area contributed by atoms with Crippen LogP contribution in [0.4, 0.5) is 0 Å². The van der Waals surface area contributed by atoms with Gasteiger partial charge in [-0.3, -0.25) is 4.68 Å². The van der Waals surface area contributed by atoms with E-state index in [4.69, 9.17) is 5.10 Å². The van der Waals surface area contributed by atoms with Crippen LogP contribution in [0.25, 0.3) is 0 Å². The minimum absolute atomic E-state index is 0.449. The molecule has 0 aliphatic heterocycles. The summed E-state index contributed by atoms with van der Waals surface area (Å²) in [6.45, 7) is 10.0. The summed E-state index contributed by atoms with van der Waals surface area (Å²) in [5, 5.41) is 8.31. The first-order valence-corrected chi connectivity index (χ1v) is 7.98. The van der Waals surface area contributed by atoms with Crippen LogP contribution in [0.2, 0.25) is 0 Å². The summed E-state index contributed by atoms with van der Waals surface area (Å²) < 4.78 is 2.27. The quantitative estimate of drug-likeness (QED) is 0.687. The number of nitrogens with zero attached hydrogens (tertiary/aromatic N) is 2. The number of hydrogen-bond acceptors (Lipinski definition) is 2. The van der Waals surface area contributed by atoms with Gasteiger partial charge in [-0.05, 0) is 32.7 Å². The number of nitrogens with one attached hydrogen (secondary N) is 1. The van der Waals surface area contributed by atoms with E-state index >= 15 is 0 Å². The lowest BCUT2D eigenvalue weighted by Gasteiger charge is -2.16. The number of aromatic nitrogens is 2. The fourth-order valence-corrected chi connectivity index (χ4v) is 2.85. The maximum atomic E-state index is 4.86. The Bertz CT molecular complexity index is 364. The smallest absolute Gasteiger partial charge is 0.0672 e. The van der Waals surface area contributed by atoms with E-state index in [-0.39, 0.29) is 0 Å². The number of aryl methyl sites for hydroxylation is 2. The Kier molecular flexibility index (Phi) is 7.14. The second-order valence-corrected chi connectivity index (χ2v) is 5.19. The van der Waals surface area contributed by atoms with Gasteiger partial charge in [-0.15, -0.1) is 0 Å². The zero-order valence-corrected chi connectivity index (χ0v) is 13.4. The van der Waals surface area contributed by atoms with Crippen LogP contribution in [0.1, 0.15) is 76.4 Å². The maximum absolute atomic E-state index is 4.86. The Morgan fingerprint density at radius 2 is 1.84 bits per heavy atom. The van der Waals surface area contributed by atoms with Gasteiger partial charge in [0.05, 0.1) is 5.69 Å². The first-order chi connectivity index (χ1) is 9.23. The highest BCUT2D eigenvalue weighted by atomic mass is 15.3. The van der Waals surface area contributed by atoms with Crippen molar-refractivity contribution in [2.75, 3.05) is 7.05 Å². The van der Waals surface area contributed by atoms with Gasteiger partial charge in [0.2, 0.25) is 0 Å². The van der Waals surface area contributed by atoms with Gasteiger partial charge >= 0.3 is 0 Å². The van der Waals surface area contributed by atoms with Crippen molar-refractivity contribution >= 4 is 0 Å². The molecular weight excluding hydrogens is 234 g/mol. The molecule has 0 aliphatic rings. The zero-order valence-electron chi connectivity index (χ0n) is 13.4. The summed E-state index contributed by atoms with van der Waals surface area (Å²) in [5.74, 6) is 0. The van der Waals surface area contributed by atoms with Crippen LogP contribution in [0.5, 0.6) is 0 Å². The Hall–Kier alpha value is -0.830. The van der Waals surface area contributed by atoms with E-state index in [1.165, 1.54) is 36.2 Å². The molecule has 0 saturated carbocycles. The molecule has 1 aromatic rings. The van der Waals surface area contributed by atoms with Crippen molar-refractivity contribution < 1.29 is 0 Å². The molecule has 1 aromatic heterocycles. The van der Waals surface area contributed by atoms with E-state index in [1.54, 1.807) is 0 Å². The van der Waals surface area contributed by atoms with Crippen molar-refractivity contribution in [2.45, 2.75) is 78.8 Å². The predicted molar refractivity (Wildman–Crippen MR) is 82.6 cm³/mol. The normalized spacial score (nSPS) is 12.9. The Balaban J connectivity index is 3.05. The standard InChI is InChI=1S/C16H31N3/c1-6-10-11-12-19-15(9-4)16(13(7-2)17-5)14(8-3)18-19/h13,17H,6-12H2,1-5H3. The first kappa shape index (κ1) is 16.2. The van der Waals surface area contributed by atoms with E-state index in [2.05, 4.69) is 44.7 Å². The van der Waals surface area contributed by atoms with Crippen LogP contribution < -0.4 is 5.32 Å². The summed E-state index contributed by atoms with van der Waals surface area (Å²) in [4.78, 5) is 0. The lowest BCUT2D eigenvalue weighted by atomic mass is 9.99. The lowest BCUT2D eigenvalue weighted by Crippen LogP contribution is -2.18. The Morgan fingerprint density at radius 1 is 1.11 bits per heavy atom. The van der Waals surface area contributed by atoms with Gasteiger partial charge in [0, 0.05) is 23.8 Å². The highest BCUT2D eigenvalue weighted by molar-refractivity contribution is 5.30. The van der Waals surface area contributed by atoms with Gasteiger partial charge in [-0.2, -0.15) is 5.10 Å². The molecule has 1 atom stereocenters. The summed E-state index contributed by atoms with van der Waals surface area (Å²) in [6, 6.07) is 0.449. The average molecular weight is 265 g/mol. The molecule has 1 unspecified atom stereocenters. The van der Waals surface area contributed by atoms with Crippen LogP contribution in [-0.2, 0) is 19.4 Å². The van der Waals surface area contributed by atoms with Crippen molar-refractivity contribution in [2.24, 2.45) is 0 Å². The molecule has 1 N–H and O–H groups in total. The molecule has 1 heterocycles. The van der Waals surface area contributed by atoms with E-state index in [0.717, 1.165) is 25.8 Å². The van der Waals surface area contributed by atoms with Gasteiger partial charge < -0.3 is 5.32 Å². The lowest BCUT2D eigenvalue weighted by molar-refractivity contribution is 0.525. The van der Waals surface area contributed by atoms with E-state index in [1.807, 2.05) is 0 Å². The van der Waals surface area contributed by atoms with Crippen LogP contribution >= 0.6 is 0 Å². The van der Waals surface area contributed by atoms with Gasteiger partial charge in [0.1, 0.15) is 0 Å². The van der Waals surface area contributed by atoms with E-state index in [0.29, 0.717) is 6.04 Å². The number of unbranched alkanes of at least 4 members (excludes halogenated alkanes) is 2.